The minimum Gasteiger partial charge on any atom is -0.317 e. The maximum atomic E-state index is 12.3. The van der Waals surface area contributed by atoms with E-state index in [4.69, 9.17) is 0 Å². The number of nitrogens with zero attached hydrogens (tertiary/aromatic N) is 1. The first kappa shape index (κ1) is 16.5. The summed E-state index contributed by atoms with van der Waals surface area (Å²) in [5.74, 6) is 1.49. The quantitative estimate of drug-likeness (QED) is 0.840. The van der Waals surface area contributed by atoms with Gasteiger partial charge in [-0.2, -0.15) is 5.26 Å². The SMILES string of the molecule is CC1CCc2c(sc(NC(=O)CCC3CCCCC3)c2C#N)C1. The second kappa shape index (κ2) is 7.49. The second-order valence-corrected chi connectivity index (χ2v) is 8.36. The van der Waals surface area contributed by atoms with E-state index in [0.717, 1.165) is 42.2 Å². The molecule has 1 unspecified atom stereocenters. The van der Waals surface area contributed by atoms with E-state index >= 15 is 0 Å². The van der Waals surface area contributed by atoms with E-state index in [1.54, 1.807) is 11.3 Å². The van der Waals surface area contributed by atoms with E-state index in [-0.39, 0.29) is 5.91 Å². The lowest BCUT2D eigenvalue weighted by molar-refractivity contribution is -0.116. The van der Waals surface area contributed by atoms with E-state index in [1.165, 1.54) is 42.5 Å². The molecule has 0 bridgehead atoms. The smallest absolute Gasteiger partial charge is 0.225 e. The summed E-state index contributed by atoms with van der Waals surface area (Å²) in [4.78, 5) is 13.6. The molecular weight excluding hydrogens is 304 g/mol. The van der Waals surface area contributed by atoms with Crippen LogP contribution in [0.1, 0.15) is 74.3 Å². The number of hydrogen-bond donors (Lipinski definition) is 1. The molecule has 1 amide bonds. The maximum absolute atomic E-state index is 12.3. The van der Waals surface area contributed by atoms with Gasteiger partial charge in [0.15, 0.2) is 0 Å². The van der Waals surface area contributed by atoms with Crippen LogP contribution < -0.4 is 5.32 Å². The zero-order chi connectivity index (χ0) is 16.2. The van der Waals surface area contributed by atoms with E-state index in [1.807, 2.05) is 0 Å². The molecule has 1 saturated carbocycles. The van der Waals surface area contributed by atoms with Gasteiger partial charge in [0.25, 0.3) is 0 Å². The molecule has 23 heavy (non-hydrogen) atoms. The van der Waals surface area contributed by atoms with Gasteiger partial charge in [0, 0.05) is 11.3 Å². The van der Waals surface area contributed by atoms with Gasteiger partial charge in [-0.1, -0.05) is 39.0 Å². The largest absolute Gasteiger partial charge is 0.317 e. The molecule has 4 heteroatoms. The number of hydrogen-bond acceptors (Lipinski definition) is 3. The van der Waals surface area contributed by atoms with Crippen LogP contribution in [-0.4, -0.2) is 5.91 Å². The number of nitriles is 1. The van der Waals surface area contributed by atoms with Gasteiger partial charge in [-0.15, -0.1) is 11.3 Å². The molecule has 0 spiro atoms. The molecule has 1 fully saturated rings. The summed E-state index contributed by atoms with van der Waals surface area (Å²) < 4.78 is 0. The average Bonchev–Trinajstić information content (AvgIpc) is 2.89. The fourth-order valence-electron chi connectivity index (χ4n) is 3.96. The van der Waals surface area contributed by atoms with E-state index < -0.39 is 0 Å². The number of nitrogens with one attached hydrogen (secondary N) is 1. The first-order valence-corrected chi connectivity index (χ1v) is 9.83. The Hall–Kier alpha value is -1.34. The molecule has 2 aliphatic carbocycles. The Morgan fingerprint density at radius 3 is 2.83 bits per heavy atom. The number of carbonyl (C=O) groups is 1. The summed E-state index contributed by atoms with van der Waals surface area (Å²) in [6.07, 6.45) is 11.3. The third-order valence-corrected chi connectivity index (χ3v) is 6.55. The maximum Gasteiger partial charge on any atom is 0.225 e. The minimum atomic E-state index is 0.0821. The van der Waals surface area contributed by atoms with Crippen LogP contribution >= 0.6 is 11.3 Å². The van der Waals surface area contributed by atoms with Crippen LogP contribution in [0.4, 0.5) is 5.00 Å². The molecule has 1 N–H and O–H groups in total. The van der Waals surface area contributed by atoms with Gasteiger partial charge >= 0.3 is 0 Å². The third-order valence-electron chi connectivity index (χ3n) is 5.38. The second-order valence-electron chi connectivity index (χ2n) is 7.26. The highest BCUT2D eigenvalue weighted by molar-refractivity contribution is 7.16. The van der Waals surface area contributed by atoms with Gasteiger partial charge in [-0.25, -0.2) is 0 Å². The third kappa shape index (κ3) is 3.95. The van der Waals surface area contributed by atoms with Crippen LogP contribution in [0.25, 0.3) is 0 Å². The predicted octanol–water partition coefficient (Wildman–Crippen LogP) is 5.04. The molecule has 0 aliphatic heterocycles. The highest BCUT2D eigenvalue weighted by Crippen LogP contribution is 2.39. The Morgan fingerprint density at radius 1 is 1.30 bits per heavy atom. The van der Waals surface area contributed by atoms with Crippen molar-refractivity contribution < 1.29 is 4.79 Å². The fraction of sp³-hybridized carbons (Fsp3) is 0.684. The van der Waals surface area contributed by atoms with Gasteiger partial charge in [0.05, 0.1) is 5.56 Å². The minimum absolute atomic E-state index is 0.0821. The van der Waals surface area contributed by atoms with Gasteiger partial charge in [0.1, 0.15) is 11.1 Å². The Balaban J connectivity index is 1.61. The highest BCUT2D eigenvalue weighted by atomic mass is 32.1. The molecule has 1 aromatic heterocycles. The number of anilines is 1. The zero-order valence-electron chi connectivity index (χ0n) is 14.0. The lowest BCUT2D eigenvalue weighted by Crippen LogP contribution is -2.15. The number of amides is 1. The molecule has 0 radical (unpaired) electrons. The highest BCUT2D eigenvalue weighted by Gasteiger charge is 2.24. The van der Waals surface area contributed by atoms with Crippen molar-refractivity contribution in [3.05, 3.63) is 16.0 Å². The predicted molar refractivity (Wildman–Crippen MR) is 94.7 cm³/mol. The summed E-state index contributed by atoms with van der Waals surface area (Å²) >= 11 is 1.63. The van der Waals surface area contributed by atoms with Crippen LogP contribution in [-0.2, 0) is 17.6 Å². The van der Waals surface area contributed by atoms with Crippen LogP contribution in [0, 0.1) is 23.2 Å². The van der Waals surface area contributed by atoms with Gasteiger partial charge in [0.2, 0.25) is 5.91 Å². The van der Waals surface area contributed by atoms with Crippen molar-refractivity contribution in [2.45, 2.75) is 71.1 Å². The standard InChI is InChI=1S/C19H26N2OS/c1-13-7-9-15-16(12-20)19(23-17(15)11-13)21-18(22)10-8-14-5-3-2-4-6-14/h13-14H,2-11H2,1H3,(H,21,22). The molecule has 0 saturated heterocycles. The van der Waals surface area contributed by atoms with Crippen molar-refractivity contribution in [3.63, 3.8) is 0 Å². The monoisotopic (exact) mass is 330 g/mol. The Morgan fingerprint density at radius 2 is 2.09 bits per heavy atom. The average molecular weight is 330 g/mol. The number of rotatable bonds is 4. The van der Waals surface area contributed by atoms with Crippen LogP contribution in [0.2, 0.25) is 0 Å². The van der Waals surface area contributed by atoms with Crippen LogP contribution in [0.5, 0.6) is 0 Å². The number of carbonyl (C=O) groups excluding carboxylic acids is 1. The van der Waals surface area contributed by atoms with Crippen molar-refractivity contribution in [2.24, 2.45) is 11.8 Å². The van der Waals surface area contributed by atoms with E-state index in [0.29, 0.717) is 12.3 Å². The van der Waals surface area contributed by atoms with Crippen LogP contribution in [0.3, 0.4) is 0 Å². The lowest BCUT2D eigenvalue weighted by atomic mass is 9.86. The first-order valence-electron chi connectivity index (χ1n) is 9.02. The van der Waals surface area contributed by atoms with Gasteiger partial charge in [-0.05, 0) is 43.1 Å². The summed E-state index contributed by atoms with van der Waals surface area (Å²) in [6.45, 7) is 2.26. The van der Waals surface area contributed by atoms with Crippen molar-refractivity contribution in [3.8, 4) is 6.07 Å². The van der Waals surface area contributed by atoms with Crippen molar-refractivity contribution in [1.82, 2.24) is 0 Å². The molecule has 2 aliphatic rings. The molecule has 124 valence electrons. The van der Waals surface area contributed by atoms with E-state index in [2.05, 4.69) is 18.3 Å². The van der Waals surface area contributed by atoms with Crippen molar-refractivity contribution in [1.29, 1.82) is 5.26 Å². The summed E-state index contributed by atoms with van der Waals surface area (Å²) in [5, 5.41) is 13.3. The van der Waals surface area contributed by atoms with Crippen LogP contribution in [0.15, 0.2) is 0 Å². The Bertz CT molecular complexity index is 608. The normalized spacial score (nSPS) is 21.5. The summed E-state index contributed by atoms with van der Waals surface area (Å²) in [7, 11) is 0. The number of thiophene rings is 1. The van der Waals surface area contributed by atoms with E-state index in [9.17, 15) is 10.1 Å². The van der Waals surface area contributed by atoms with Gasteiger partial charge in [-0.3, -0.25) is 4.79 Å². The summed E-state index contributed by atoms with van der Waals surface area (Å²) in [6, 6.07) is 2.33. The Labute approximate surface area is 143 Å². The lowest BCUT2D eigenvalue weighted by Gasteiger charge is -2.20. The number of fused-ring (bicyclic) bond motifs is 1. The Kier molecular flexibility index (Phi) is 5.38. The van der Waals surface area contributed by atoms with Crippen molar-refractivity contribution >= 4 is 22.2 Å². The van der Waals surface area contributed by atoms with Gasteiger partial charge < -0.3 is 5.32 Å². The first-order chi connectivity index (χ1) is 11.2. The molecule has 1 heterocycles. The fourth-order valence-corrected chi connectivity index (χ4v) is 5.33. The van der Waals surface area contributed by atoms with Crippen molar-refractivity contribution in [2.75, 3.05) is 5.32 Å². The molecule has 0 aromatic carbocycles. The molecule has 3 rings (SSSR count). The topological polar surface area (TPSA) is 52.9 Å². The molecule has 1 aromatic rings. The summed E-state index contributed by atoms with van der Waals surface area (Å²) in [5.41, 5.74) is 1.92. The molecular formula is C19H26N2OS. The molecule has 1 atom stereocenters. The molecule has 3 nitrogen and oxygen atoms in total. The zero-order valence-corrected chi connectivity index (χ0v) is 14.8.